The summed E-state index contributed by atoms with van der Waals surface area (Å²) in [5.41, 5.74) is 10.7. The highest BCUT2D eigenvalue weighted by atomic mass is 14.9. The van der Waals surface area contributed by atoms with Crippen LogP contribution < -0.4 is 0 Å². The fraction of sp³-hybridized carbons (Fsp3) is 0. The van der Waals surface area contributed by atoms with E-state index < -0.39 is 0 Å². The van der Waals surface area contributed by atoms with E-state index in [1.165, 1.54) is 32.3 Å². The Morgan fingerprint density at radius 3 is 1.16 bits per heavy atom. The highest BCUT2D eigenvalue weighted by Crippen LogP contribution is 2.39. The summed E-state index contributed by atoms with van der Waals surface area (Å²) in [6, 6.07) is 68.0. The standard InChI is InChI=1S/C52H32N4/c1-4-12-33(13-5-1)46-28-24-35-20-21-36-25-29-47(54-51(36)50(35)53-46)38-22-26-42-43-27-23-39(31-45(43)41-19-11-10-18-40(41)44(42)30-38)49-32-48(34-14-6-2-7-15-34)55-52(56-49)37-16-8-3-9-17-37/h1-32H. The van der Waals surface area contributed by atoms with E-state index in [2.05, 4.69) is 152 Å². The second kappa shape index (κ2) is 13.1. The van der Waals surface area contributed by atoms with Gasteiger partial charge in [0, 0.05) is 38.6 Å². The van der Waals surface area contributed by atoms with Crippen molar-refractivity contribution in [3.63, 3.8) is 0 Å². The number of benzene rings is 8. The lowest BCUT2D eigenvalue weighted by Crippen LogP contribution is -1.96. The lowest BCUT2D eigenvalue weighted by atomic mass is 9.91. The Labute approximate surface area is 323 Å². The first-order valence-corrected chi connectivity index (χ1v) is 18.9. The maximum atomic E-state index is 5.29. The lowest BCUT2D eigenvalue weighted by Gasteiger charge is -2.14. The molecule has 0 spiro atoms. The van der Waals surface area contributed by atoms with E-state index in [9.17, 15) is 0 Å². The molecule has 11 rings (SSSR count). The van der Waals surface area contributed by atoms with E-state index in [1.54, 1.807) is 0 Å². The van der Waals surface area contributed by atoms with Gasteiger partial charge in [0.1, 0.15) is 0 Å². The van der Waals surface area contributed by atoms with Gasteiger partial charge in [0.2, 0.25) is 0 Å². The van der Waals surface area contributed by atoms with Crippen LogP contribution in [0.4, 0.5) is 0 Å². The van der Waals surface area contributed by atoms with Gasteiger partial charge in [0.15, 0.2) is 5.82 Å². The third-order valence-electron chi connectivity index (χ3n) is 10.8. The van der Waals surface area contributed by atoms with Crippen molar-refractivity contribution in [3.8, 4) is 56.4 Å². The summed E-state index contributed by atoms with van der Waals surface area (Å²) in [6.45, 7) is 0. The smallest absolute Gasteiger partial charge is 0.160 e. The van der Waals surface area contributed by atoms with Crippen molar-refractivity contribution in [2.75, 3.05) is 0 Å². The molecule has 0 aliphatic carbocycles. The normalized spacial score (nSPS) is 11.6. The molecular weight excluding hydrogens is 681 g/mol. The van der Waals surface area contributed by atoms with Crippen LogP contribution in [0.5, 0.6) is 0 Å². The molecule has 0 amide bonds. The van der Waals surface area contributed by atoms with Gasteiger partial charge in [-0.1, -0.05) is 164 Å². The van der Waals surface area contributed by atoms with E-state index in [4.69, 9.17) is 19.9 Å². The predicted octanol–water partition coefficient (Wildman–Crippen LogP) is 13.4. The number of nitrogens with zero attached hydrogens (tertiary/aromatic N) is 4. The van der Waals surface area contributed by atoms with E-state index in [1.807, 2.05) is 42.5 Å². The molecule has 0 fully saturated rings. The molecule has 56 heavy (non-hydrogen) atoms. The summed E-state index contributed by atoms with van der Waals surface area (Å²) in [7, 11) is 0. The molecule has 3 aromatic heterocycles. The number of pyridine rings is 2. The average Bonchev–Trinajstić information content (AvgIpc) is 3.29. The Balaban J connectivity index is 1.06. The largest absolute Gasteiger partial charge is 0.245 e. The summed E-state index contributed by atoms with van der Waals surface area (Å²) >= 11 is 0. The predicted molar refractivity (Wildman–Crippen MR) is 232 cm³/mol. The van der Waals surface area contributed by atoms with Crippen LogP contribution in [0, 0.1) is 0 Å². The molecule has 260 valence electrons. The number of hydrogen-bond donors (Lipinski definition) is 0. The molecule has 4 heteroatoms. The van der Waals surface area contributed by atoms with Crippen LogP contribution in [0.3, 0.4) is 0 Å². The minimum Gasteiger partial charge on any atom is -0.245 e. The highest BCUT2D eigenvalue weighted by Gasteiger charge is 2.15. The monoisotopic (exact) mass is 712 g/mol. The minimum absolute atomic E-state index is 0.709. The summed E-state index contributed by atoms with van der Waals surface area (Å²) in [5.74, 6) is 0.709. The van der Waals surface area contributed by atoms with Crippen molar-refractivity contribution in [1.29, 1.82) is 0 Å². The van der Waals surface area contributed by atoms with Gasteiger partial charge in [0.25, 0.3) is 0 Å². The number of fused-ring (bicyclic) bond motifs is 9. The Bertz CT molecular complexity index is 3210. The van der Waals surface area contributed by atoms with Gasteiger partial charge in [-0.15, -0.1) is 0 Å². The molecule has 4 nitrogen and oxygen atoms in total. The fourth-order valence-corrected chi connectivity index (χ4v) is 8.04. The Morgan fingerprint density at radius 1 is 0.232 bits per heavy atom. The Kier molecular flexibility index (Phi) is 7.46. The van der Waals surface area contributed by atoms with Gasteiger partial charge >= 0.3 is 0 Å². The second-order valence-electron chi connectivity index (χ2n) is 14.2. The van der Waals surface area contributed by atoms with Crippen molar-refractivity contribution in [1.82, 2.24) is 19.9 Å². The molecule has 0 saturated carbocycles. The van der Waals surface area contributed by atoms with Gasteiger partial charge in [-0.05, 0) is 62.6 Å². The van der Waals surface area contributed by atoms with Crippen molar-refractivity contribution < 1.29 is 0 Å². The summed E-state index contributed by atoms with van der Waals surface area (Å²) < 4.78 is 0. The van der Waals surface area contributed by atoms with E-state index >= 15 is 0 Å². The summed E-state index contributed by atoms with van der Waals surface area (Å²) in [6.07, 6.45) is 0. The summed E-state index contributed by atoms with van der Waals surface area (Å²) in [5, 5.41) is 9.33. The molecule has 0 unspecified atom stereocenters. The maximum Gasteiger partial charge on any atom is 0.160 e. The molecule has 0 saturated heterocycles. The topological polar surface area (TPSA) is 51.6 Å². The number of hydrogen-bond acceptors (Lipinski definition) is 4. The van der Waals surface area contributed by atoms with Crippen LogP contribution in [0.2, 0.25) is 0 Å². The van der Waals surface area contributed by atoms with Gasteiger partial charge < -0.3 is 0 Å². The first kappa shape index (κ1) is 31.9. The minimum atomic E-state index is 0.709. The van der Waals surface area contributed by atoms with E-state index in [-0.39, 0.29) is 0 Å². The van der Waals surface area contributed by atoms with Crippen molar-refractivity contribution >= 4 is 54.1 Å². The zero-order valence-electron chi connectivity index (χ0n) is 30.3. The molecule has 0 N–H and O–H groups in total. The zero-order chi connectivity index (χ0) is 37.0. The van der Waals surface area contributed by atoms with Gasteiger partial charge in [0.05, 0.1) is 33.8 Å². The van der Waals surface area contributed by atoms with E-state index in [0.717, 1.165) is 72.4 Å². The van der Waals surface area contributed by atoms with E-state index in [0.29, 0.717) is 5.82 Å². The molecule has 0 aliphatic heterocycles. The molecule has 11 aromatic rings. The zero-order valence-corrected chi connectivity index (χ0v) is 30.3. The van der Waals surface area contributed by atoms with Gasteiger partial charge in [-0.25, -0.2) is 19.9 Å². The third-order valence-corrected chi connectivity index (χ3v) is 10.8. The second-order valence-corrected chi connectivity index (χ2v) is 14.2. The van der Waals surface area contributed by atoms with Crippen molar-refractivity contribution in [2.24, 2.45) is 0 Å². The van der Waals surface area contributed by atoms with Crippen molar-refractivity contribution in [3.05, 3.63) is 194 Å². The van der Waals surface area contributed by atoms with Crippen LogP contribution in [0.25, 0.3) is 111 Å². The third kappa shape index (κ3) is 5.47. The molecule has 8 aromatic carbocycles. The average molecular weight is 713 g/mol. The summed E-state index contributed by atoms with van der Waals surface area (Å²) in [4.78, 5) is 20.6. The molecule has 0 aliphatic rings. The molecule has 0 atom stereocenters. The van der Waals surface area contributed by atoms with Crippen LogP contribution >= 0.6 is 0 Å². The SMILES string of the molecule is c1ccc(-c2cc(-c3ccc4c5ccc(-c6ccc7ccc8ccc(-c9ccccc9)nc8c7n6)cc5c5ccccc5c4c3)nc(-c3ccccc3)n2)cc1. The molecule has 3 heterocycles. The molecular formula is C52H32N4. The first-order chi connectivity index (χ1) is 27.7. The van der Waals surface area contributed by atoms with Crippen LogP contribution in [0.1, 0.15) is 0 Å². The van der Waals surface area contributed by atoms with Crippen LogP contribution in [0.15, 0.2) is 194 Å². The van der Waals surface area contributed by atoms with Crippen LogP contribution in [-0.4, -0.2) is 19.9 Å². The quantitative estimate of drug-likeness (QED) is 0.167. The maximum absolute atomic E-state index is 5.29. The Hall–Kier alpha value is -7.56. The lowest BCUT2D eigenvalue weighted by molar-refractivity contribution is 1.18. The highest BCUT2D eigenvalue weighted by molar-refractivity contribution is 6.26. The molecule has 0 radical (unpaired) electrons. The molecule has 0 bridgehead atoms. The van der Waals surface area contributed by atoms with Gasteiger partial charge in [-0.3, -0.25) is 0 Å². The fourth-order valence-electron chi connectivity index (χ4n) is 8.04. The van der Waals surface area contributed by atoms with Gasteiger partial charge in [-0.2, -0.15) is 0 Å². The van der Waals surface area contributed by atoms with Crippen molar-refractivity contribution in [2.45, 2.75) is 0 Å². The Morgan fingerprint density at radius 2 is 0.625 bits per heavy atom. The number of aromatic nitrogens is 4. The first-order valence-electron chi connectivity index (χ1n) is 18.9. The number of rotatable bonds is 5. The van der Waals surface area contributed by atoms with Crippen LogP contribution in [-0.2, 0) is 0 Å².